The van der Waals surface area contributed by atoms with Gasteiger partial charge in [0, 0.05) is 11.3 Å². The maximum atomic E-state index is 12.9. The fraction of sp³-hybridized carbons (Fsp3) is 0.143. The number of carbonyl (C=O) groups is 2. The van der Waals surface area contributed by atoms with E-state index in [0.29, 0.717) is 17.0 Å². The maximum absolute atomic E-state index is 12.9. The number of hydrogen-bond donors (Lipinski definition) is 1. The van der Waals surface area contributed by atoms with Gasteiger partial charge in [-0.3, -0.25) is 9.59 Å². The molecule has 0 bridgehead atoms. The first kappa shape index (κ1) is 17.5. The van der Waals surface area contributed by atoms with Crippen molar-refractivity contribution in [2.24, 2.45) is 0 Å². The van der Waals surface area contributed by atoms with E-state index in [1.54, 1.807) is 36.6 Å². The van der Waals surface area contributed by atoms with Gasteiger partial charge in [-0.2, -0.15) is 0 Å². The number of para-hydroxylation sites is 1. The Balaban J connectivity index is 1.76. The van der Waals surface area contributed by atoms with Crippen LogP contribution in [-0.4, -0.2) is 23.3 Å². The van der Waals surface area contributed by atoms with Crippen LogP contribution in [0.15, 0.2) is 77.4 Å². The highest BCUT2D eigenvalue weighted by atomic mass is 16.3. The van der Waals surface area contributed by atoms with Crippen molar-refractivity contribution in [3.05, 3.63) is 89.9 Å². The standard InChI is InChI=1S/C21H20N2O3/c1-16-7-5-8-17(13-16)21(25)23(14-19-11-6-12-26-19)15-20(24)22-18-9-3-2-4-10-18/h2-13H,14-15H2,1H3,(H,22,24). The Hall–Kier alpha value is -3.34. The maximum Gasteiger partial charge on any atom is 0.254 e. The number of hydrogen-bond acceptors (Lipinski definition) is 3. The molecule has 0 radical (unpaired) electrons. The molecule has 26 heavy (non-hydrogen) atoms. The van der Waals surface area contributed by atoms with Crippen LogP contribution in [0.1, 0.15) is 21.7 Å². The summed E-state index contributed by atoms with van der Waals surface area (Å²) in [4.78, 5) is 26.8. The molecule has 5 heteroatoms. The van der Waals surface area contributed by atoms with Gasteiger partial charge in [0.15, 0.2) is 0 Å². The van der Waals surface area contributed by atoms with Crippen molar-refractivity contribution in [3.8, 4) is 0 Å². The number of rotatable bonds is 6. The molecule has 132 valence electrons. The van der Waals surface area contributed by atoms with Gasteiger partial charge in [0.05, 0.1) is 12.8 Å². The summed E-state index contributed by atoms with van der Waals surface area (Å²) in [5.74, 6) is 0.149. The zero-order chi connectivity index (χ0) is 18.4. The number of benzene rings is 2. The van der Waals surface area contributed by atoms with Crippen LogP contribution in [0.4, 0.5) is 5.69 Å². The highest BCUT2D eigenvalue weighted by Gasteiger charge is 2.20. The Bertz CT molecular complexity index is 873. The van der Waals surface area contributed by atoms with Gasteiger partial charge in [-0.1, -0.05) is 35.9 Å². The number of nitrogens with one attached hydrogen (secondary N) is 1. The van der Waals surface area contributed by atoms with Crippen molar-refractivity contribution in [1.82, 2.24) is 4.90 Å². The molecule has 0 aliphatic rings. The fourth-order valence-electron chi connectivity index (χ4n) is 2.65. The minimum atomic E-state index is -0.260. The second-order valence-electron chi connectivity index (χ2n) is 6.02. The molecule has 0 fully saturated rings. The highest BCUT2D eigenvalue weighted by molar-refractivity contribution is 5.99. The van der Waals surface area contributed by atoms with Gasteiger partial charge in [0.25, 0.3) is 5.91 Å². The van der Waals surface area contributed by atoms with E-state index in [1.807, 2.05) is 43.3 Å². The van der Waals surface area contributed by atoms with Crippen LogP contribution < -0.4 is 5.32 Å². The van der Waals surface area contributed by atoms with Crippen LogP contribution in [0.5, 0.6) is 0 Å². The number of nitrogens with zero attached hydrogens (tertiary/aromatic N) is 1. The first-order valence-electron chi connectivity index (χ1n) is 8.35. The minimum Gasteiger partial charge on any atom is -0.467 e. The summed E-state index contributed by atoms with van der Waals surface area (Å²) < 4.78 is 5.35. The summed E-state index contributed by atoms with van der Waals surface area (Å²) in [5.41, 5.74) is 2.23. The summed E-state index contributed by atoms with van der Waals surface area (Å²) in [7, 11) is 0. The number of carbonyl (C=O) groups excluding carboxylic acids is 2. The quantitative estimate of drug-likeness (QED) is 0.735. The summed E-state index contributed by atoms with van der Waals surface area (Å²) in [6.45, 7) is 2.08. The molecule has 2 aromatic carbocycles. The van der Waals surface area contributed by atoms with Crippen molar-refractivity contribution in [1.29, 1.82) is 0 Å². The summed E-state index contributed by atoms with van der Waals surface area (Å²) in [6.07, 6.45) is 1.55. The molecule has 0 unspecified atom stereocenters. The Labute approximate surface area is 152 Å². The number of furan rings is 1. The molecule has 0 aliphatic heterocycles. The van der Waals surface area contributed by atoms with E-state index in [0.717, 1.165) is 5.56 Å². The molecule has 1 aromatic heterocycles. The van der Waals surface area contributed by atoms with Crippen molar-refractivity contribution in [2.75, 3.05) is 11.9 Å². The predicted molar refractivity (Wildman–Crippen MR) is 99.7 cm³/mol. The smallest absolute Gasteiger partial charge is 0.254 e. The largest absolute Gasteiger partial charge is 0.467 e. The molecule has 0 saturated heterocycles. The van der Waals surface area contributed by atoms with Crippen molar-refractivity contribution in [3.63, 3.8) is 0 Å². The Morgan fingerprint density at radius 1 is 1.00 bits per heavy atom. The predicted octanol–water partition coefficient (Wildman–Crippen LogP) is 3.87. The van der Waals surface area contributed by atoms with E-state index < -0.39 is 0 Å². The van der Waals surface area contributed by atoms with E-state index in [-0.39, 0.29) is 24.9 Å². The van der Waals surface area contributed by atoms with Gasteiger partial charge in [-0.05, 0) is 43.3 Å². The molecule has 5 nitrogen and oxygen atoms in total. The van der Waals surface area contributed by atoms with Crippen LogP contribution in [0.3, 0.4) is 0 Å². The van der Waals surface area contributed by atoms with Gasteiger partial charge in [0.2, 0.25) is 5.91 Å². The molecule has 0 saturated carbocycles. The SMILES string of the molecule is Cc1cccc(C(=O)N(CC(=O)Nc2ccccc2)Cc2ccco2)c1. The van der Waals surface area contributed by atoms with Crippen molar-refractivity contribution >= 4 is 17.5 Å². The van der Waals surface area contributed by atoms with E-state index in [9.17, 15) is 9.59 Å². The number of amides is 2. The second kappa shape index (κ2) is 8.16. The molecule has 0 spiro atoms. The lowest BCUT2D eigenvalue weighted by molar-refractivity contribution is -0.117. The average Bonchev–Trinajstić information content (AvgIpc) is 3.14. The van der Waals surface area contributed by atoms with E-state index in [2.05, 4.69) is 5.32 Å². The molecule has 1 heterocycles. The van der Waals surface area contributed by atoms with E-state index >= 15 is 0 Å². The van der Waals surface area contributed by atoms with Gasteiger partial charge < -0.3 is 14.6 Å². The van der Waals surface area contributed by atoms with Crippen LogP contribution in [-0.2, 0) is 11.3 Å². The van der Waals surface area contributed by atoms with Gasteiger partial charge >= 0.3 is 0 Å². The Kier molecular flexibility index (Phi) is 5.49. The molecular formula is C21H20N2O3. The molecule has 1 N–H and O–H groups in total. The van der Waals surface area contributed by atoms with Crippen LogP contribution in [0, 0.1) is 6.92 Å². The summed E-state index contributed by atoms with van der Waals surface area (Å²) in [6, 6.07) is 20.0. The zero-order valence-corrected chi connectivity index (χ0v) is 14.5. The van der Waals surface area contributed by atoms with Crippen LogP contribution in [0.2, 0.25) is 0 Å². The Morgan fingerprint density at radius 3 is 2.50 bits per heavy atom. The van der Waals surface area contributed by atoms with E-state index in [1.165, 1.54) is 4.90 Å². The first-order valence-corrected chi connectivity index (χ1v) is 8.35. The lowest BCUT2D eigenvalue weighted by atomic mass is 10.1. The molecule has 3 rings (SSSR count). The summed E-state index contributed by atoms with van der Waals surface area (Å²) >= 11 is 0. The lowest BCUT2D eigenvalue weighted by Crippen LogP contribution is -2.37. The van der Waals surface area contributed by atoms with Crippen molar-refractivity contribution in [2.45, 2.75) is 13.5 Å². The third-order valence-corrected chi connectivity index (χ3v) is 3.87. The molecular weight excluding hydrogens is 328 g/mol. The molecule has 0 atom stereocenters. The van der Waals surface area contributed by atoms with E-state index in [4.69, 9.17) is 4.42 Å². The van der Waals surface area contributed by atoms with Crippen LogP contribution in [0.25, 0.3) is 0 Å². The lowest BCUT2D eigenvalue weighted by Gasteiger charge is -2.21. The average molecular weight is 348 g/mol. The van der Waals surface area contributed by atoms with Crippen LogP contribution >= 0.6 is 0 Å². The topological polar surface area (TPSA) is 62.6 Å². The third kappa shape index (κ3) is 4.60. The second-order valence-corrected chi connectivity index (χ2v) is 6.02. The highest BCUT2D eigenvalue weighted by Crippen LogP contribution is 2.13. The normalized spacial score (nSPS) is 10.3. The van der Waals surface area contributed by atoms with Gasteiger partial charge in [-0.25, -0.2) is 0 Å². The van der Waals surface area contributed by atoms with Gasteiger partial charge in [0.1, 0.15) is 12.3 Å². The fourth-order valence-corrected chi connectivity index (χ4v) is 2.65. The van der Waals surface area contributed by atoms with Gasteiger partial charge in [-0.15, -0.1) is 0 Å². The number of aryl methyl sites for hydroxylation is 1. The van der Waals surface area contributed by atoms with Crippen molar-refractivity contribution < 1.29 is 14.0 Å². The molecule has 3 aromatic rings. The monoisotopic (exact) mass is 348 g/mol. The molecule has 2 amide bonds. The number of anilines is 1. The molecule has 0 aliphatic carbocycles. The minimum absolute atomic E-state index is 0.0671. The Morgan fingerprint density at radius 2 is 1.81 bits per heavy atom. The first-order chi connectivity index (χ1) is 12.6. The zero-order valence-electron chi connectivity index (χ0n) is 14.5. The summed E-state index contributed by atoms with van der Waals surface area (Å²) in [5, 5.41) is 2.81. The third-order valence-electron chi connectivity index (χ3n) is 3.87.